The second-order valence-corrected chi connectivity index (χ2v) is 5.88. The summed E-state index contributed by atoms with van der Waals surface area (Å²) in [5, 5.41) is 2.25. The Morgan fingerprint density at radius 1 is 1.05 bits per heavy atom. The number of ether oxygens (including phenoxy) is 1. The number of fused-ring (bicyclic) bond motifs is 1. The number of hydrogen-bond acceptors (Lipinski definition) is 3. The van der Waals surface area contributed by atoms with Crippen molar-refractivity contribution in [3.63, 3.8) is 0 Å². The van der Waals surface area contributed by atoms with Crippen LogP contribution in [-0.2, 0) is 4.79 Å². The Labute approximate surface area is 125 Å². The van der Waals surface area contributed by atoms with Crippen LogP contribution in [-0.4, -0.2) is 12.5 Å². The molecule has 1 saturated carbocycles. The Morgan fingerprint density at radius 3 is 2.48 bits per heavy atom. The van der Waals surface area contributed by atoms with Crippen LogP contribution in [0.3, 0.4) is 0 Å². The molecule has 0 unspecified atom stereocenters. The molecular formula is C18H21NO2. The van der Waals surface area contributed by atoms with Gasteiger partial charge in [-0.2, -0.15) is 0 Å². The van der Waals surface area contributed by atoms with Gasteiger partial charge in [0, 0.05) is 0 Å². The first kappa shape index (κ1) is 14.1. The summed E-state index contributed by atoms with van der Waals surface area (Å²) >= 11 is 0. The van der Waals surface area contributed by atoms with E-state index < -0.39 is 0 Å². The van der Waals surface area contributed by atoms with Gasteiger partial charge in [0.15, 0.2) is 0 Å². The quantitative estimate of drug-likeness (QED) is 0.692. The van der Waals surface area contributed by atoms with Gasteiger partial charge in [-0.1, -0.05) is 30.3 Å². The molecule has 2 aromatic carbocycles. The summed E-state index contributed by atoms with van der Waals surface area (Å²) in [7, 11) is 0. The molecule has 1 aliphatic carbocycles. The summed E-state index contributed by atoms with van der Waals surface area (Å²) in [6.45, 7) is 0.729. The van der Waals surface area contributed by atoms with E-state index in [0.717, 1.165) is 43.0 Å². The van der Waals surface area contributed by atoms with Crippen LogP contribution in [0.1, 0.15) is 25.7 Å². The summed E-state index contributed by atoms with van der Waals surface area (Å²) in [5.41, 5.74) is 5.69. The van der Waals surface area contributed by atoms with Crippen LogP contribution in [0, 0.1) is 11.8 Å². The van der Waals surface area contributed by atoms with Gasteiger partial charge in [-0.25, -0.2) is 0 Å². The molecule has 0 bridgehead atoms. The molecule has 0 heterocycles. The lowest BCUT2D eigenvalue weighted by Gasteiger charge is -2.26. The third kappa shape index (κ3) is 3.24. The fraction of sp³-hybridized carbons (Fsp3) is 0.389. The zero-order valence-corrected chi connectivity index (χ0v) is 12.1. The first-order chi connectivity index (χ1) is 10.3. The minimum Gasteiger partial charge on any atom is -0.426 e. The lowest BCUT2D eigenvalue weighted by Crippen LogP contribution is -2.28. The van der Waals surface area contributed by atoms with Crippen molar-refractivity contribution in [1.82, 2.24) is 0 Å². The molecule has 0 aromatic heterocycles. The highest BCUT2D eigenvalue weighted by Gasteiger charge is 2.27. The van der Waals surface area contributed by atoms with E-state index in [1.165, 1.54) is 0 Å². The molecule has 2 N–H and O–H groups in total. The van der Waals surface area contributed by atoms with Gasteiger partial charge < -0.3 is 10.5 Å². The Hall–Kier alpha value is -1.87. The number of carbonyl (C=O) groups excluding carboxylic acids is 1. The van der Waals surface area contributed by atoms with Gasteiger partial charge in [0.25, 0.3) is 0 Å². The van der Waals surface area contributed by atoms with Crippen molar-refractivity contribution in [2.75, 3.05) is 6.54 Å². The van der Waals surface area contributed by atoms with Crippen LogP contribution in [0.15, 0.2) is 42.5 Å². The van der Waals surface area contributed by atoms with Crippen molar-refractivity contribution in [2.24, 2.45) is 17.6 Å². The predicted octanol–water partition coefficient (Wildman–Crippen LogP) is 3.51. The lowest BCUT2D eigenvalue weighted by atomic mass is 9.82. The van der Waals surface area contributed by atoms with Gasteiger partial charge in [0.1, 0.15) is 5.75 Å². The molecule has 0 spiro atoms. The van der Waals surface area contributed by atoms with Crippen molar-refractivity contribution in [3.8, 4) is 5.75 Å². The summed E-state index contributed by atoms with van der Waals surface area (Å²) in [4.78, 5) is 12.2. The minimum absolute atomic E-state index is 0.0271. The molecule has 0 radical (unpaired) electrons. The molecule has 2 aromatic rings. The molecule has 0 amide bonds. The molecule has 0 atom stereocenters. The third-order valence-electron chi connectivity index (χ3n) is 4.45. The summed E-state index contributed by atoms with van der Waals surface area (Å²) in [6.07, 6.45) is 3.87. The first-order valence-electron chi connectivity index (χ1n) is 7.67. The maximum Gasteiger partial charge on any atom is 0.314 e. The van der Waals surface area contributed by atoms with Crippen molar-refractivity contribution in [3.05, 3.63) is 42.5 Å². The van der Waals surface area contributed by atoms with E-state index in [1.54, 1.807) is 0 Å². The van der Waals surface area contributed by atoms with Gasteiger partial charge >= 0.3 is 5.97 Å². The summed E-state index contributed by atoms with van der Waals surface area (Å²) in [6, 6.07) is 13.9. The van der Waals surface area contributed by atoms with Crippen LogP contribution in [0.25, 0.3) is 10.8 Å². The monoisotopic (exact) mass is 283 g/mol. The lowest BCUT2D eigenvalue weighted by molar-refractivity contribution is -0.140. The van der Waals surface area contributed by atoms with E-state index in [4.69, 9.17) is 10.5 Å². The normalized spacial score (nSPS) is 22.1. The van der Waals surface area contributed by atoms with E-state index in [2.05, 4.69) is 6.07 Å². The van der Waals surface area contributed by atoms with Crippen molar-refractivity contribution < 1.29 is 9.53 Å². The van der Waals surface area contributed by atoms with Crippen LogP contribution in [0.2, 0.25) is 0 Å². The van der Waals surface area contributed by atoms with Gasteiger partial charge in [-0.05, 0) is 61.1 Å². The second kappa shape index (κ2) is 6.27. The Morgan fingerprint density at radius 2 is 1.76 bits per heavy atom. The molecule has 0 saturated heterocycles. The van der Waals surface area contributed by atoms with Crippen LogP contribution < -0.4 is 10.5 Å². The van der Waals surface area contributed by atoms with E-state index in [9.17, 15) is 4.79 Å². The van der Waals surface area contributed by atoms with E-state index in [0.29, 0.717) is 11.7 Å². The zero-order valence-electron chi connectivity index (χ0n) is 12.1. The predicted molar refractivity (Wildman–Crippen MR) is 84.1 cm³/mol. The van der Waals surface area contributed by atoms with Crippen molar-refractivity contribution >= 4 is 16.7 Å². The molecular weight excluding hydrogens is 262 g/mol. The molecule has 0 aliphatic heterocycles. The summed E-state index contributed by atoms with van der Waals surface area (Å²) in [5.74, 6) is 1.15. The number of nitrogens with two attached hydrogens (primary N) is 1. The highest BCUT2D eigenvalue weighted by molar-refractivity contribution is 5.85. The fourth-order valence-electron chi connectivity index (χ4n) is 3.06. The third-order valence-corrected chi connectivity index (χ3v) is 4.45. The number of carbonyl (C=O) groups is 1. The van der Waals surface area contributed by atoms with Crippen molar-refractivity contribution in [2.45, 2.75) is 25.7 Å². The van der Waals surface area contributed by atoms with E-state index in [1.807, 2.05) is 36.4 Å². The number of benzene rings is 2. The molecule has 21 heavy (non-hydrogen) atoms. The second-order valence-electron chi connectivity index (χ2n) is 5.88. The van der Waals surface area contributed by atoms with Crippen LogP contribution in [0.4, 0.5) is 0 Å². The first-order valence-corrected chi connectivity index (χ1v) is 7.67. The molecule has 3 heteroatoms. The van der Waals surface area contributed by atoms with Crippen LogP contribution in [0.5, 0.6) is 5.75 Å². The average molecular weight is 283 g/mol. The topological polar surface area (TPSA) is 52.3 Å². The molecule has 1 aliphatic rings. The smallest absolute Gasteiger partial charge is 0.314 e. The molecule has 1 fully saturated rings. The molecule has 3 rings (SSSR count). The summed E-state index contributed by atoms with van der Waals surface area (Å²) < 4.78 is 5.56. The standard InChI is InChI=1S/C18H21NO2/c19-12-13-5-7-15(8-6-13)18(20)21-17-10-9-14-3-1-2-4-16(14)11-17/h1-4,9-11,13,15H,5-8,12,19H2. The maximum absolute atomic E-state index is 12.2. The largest absolute Gasteiger partial charge is 0.426 e. The number of esters is 1. The van der Waals surface area contributed by atoms with Gasteiger partial charge in [-0.3, -0.25) is 4.79 Å². The Balaban J connectivity index is 1.66. The average Bonchev–Trinajstić information content (AvgIpc) is 2.55. The fourth-order valence-corrected chi connectivity index (χ4v) is 3.06. The Kier molecular flexibility index (Phi) is 4.20. The SMILES string of the molecule is NCC1CCC(C(=O)Oc2ccc3ccccc3c2)CC1. The van der Waals surface area contributed by atoms with E-state index in [-0.39, 0.29) is 11.9 Å². The zero-order chi connectivity index (χ0) is 14.7. The number of rotatable bonds is 3. The van der Waals surface area contributed by atoms with E-state index >= 15 is 0 Å². The van der Waals surface area contributed by atoms with Crippen LogP contribution >= 0.6 is 0 Å². The minimum atomic E-state index is -0.0965. The molecule has 3 nitrogen and oxygen atoms in total. The Bertz CT molecular complexity index is 630. The van der Waals surface area contributed by atoms with Gasteiger partial charge in [0.05, 0.1) is 5.92 Å². The highest BCUT2D eigenvalue weighted by atomic mass is 16.5. The van der Waals surface area contributed by atoms with Gasteiger partial charge in [0.2, 0.25) is 0 Å². The highest BCUT2D eigenvalue weighted by Crippen LogP contribution is 2.30. The molecule has 110 valence electrons. The number of hydrogen-bond donors (Lipinski definition) is 1. The van der Waals surface area contributed by atoms with Gasteiger partial charge in [-0.15, -0.1) is 0 Å². The van der Waals surface area contributed by atoms with Crippen molar-refractivity contribution in [1.29, 1.82) is 0 Å². The maximum atomic E-state index is 12.2.